The quantitative estimate of drug-likeness (QED) is 0.867. The Morgan fingerprint density at radius 3 is 2.58 bits per heavy atom. The topological polar surface area (TPSA) is 24.5 Å². The normalized spacial score (nSPS) is 11.9. The lowest BCUT2D eigenvalue weighted by molar-refractivity contribution is 0.297. The zero-order valence-corrected chi connectivity index (χ0v) is 14.2. The summed E-state index contributed by atoms with van der Waals surface area (Å²) in [6.07, 6.45) is 0. The van der Waals surface area contributed by atoms with Crippen LogP contribution in [0.4, 0.5) is 0 Å². The second-order valence-corrected chi connectivity index (χ2v) is 6.79. The standard InChI is InChI=1S/C15H25BrN2O/c1-15(2,3)17-8-9-18(4)11-12-6-7-13(16)10-14(12)19-5/h6-7,10,17H,8-9,11H2,1-5H3. The van der Waals surface area contributed by atoms with Crippen LogP contribution in [0.1, 0.15) is 26.3 Å². The Labute approximate surface area is 125 Å². The van der Waals surface area contributed by atoms with Gasteiger partial charge in [-0.1, -0.05) is 22.0 Å². The van der Waals surface area contributed by atoms with Crippen LogP contribution in [-0.2, 0) is 6.54 Å². The molecule has 0 spiro atoms. The Kier molecular flexibility index (Phi) is 6.30. The first kappa shape index (κ1) is 16.5. The van der Waals surface area contributed by atoms with E-state index in [0.29, 0.717) is 0 Å². The van der Waals surface area contributed by atoms with E-state index in [0.717, 1.165) is 29.9 Å². The number of hydrogen-bond donors (Lipinski definition) is 1. The summed E-state index contributed by atoms with van der Waals surface area (Å²) >= 11 is 3.46. The van der Waals surface area contributed by atoms with Gasteiger partial charge in [-0.15, -0.1) is 0 Å². The smallest absolute Gasteiger partial charge is 0.124 e. The molecule has 19 heavy (non-hydrogen) atoms. The molecule has 4 heteroatoms. The predicted molar refractivity (Wildman–Crippen MR) is 84.8 cm³/mol. The molecule has 0 fully saturated rings. The Morgan fingerprint density at radius 1 is 1.32 bits per heavy atom. The lowest BCUT2D eigenvalue weighted by Gasteiger charge is -2.24. The van der Waals surface area contributed by atoms with Crippen LogP contribution in [0.15, 0.2) is 22.7 Å². The minimum absolute atomic E-state index is 0.177. The van der Waals surface area contributed by atoms with Gasteiger partial charge >= 0.3 is 0 Å². The van der Waals surface area contributed by atoms with E-state index in [1.807, 2.05) is 6.07 Å². The Bertz CT molecular complexity index is 402. The van der Waals surface area contributed by atoms with Gasteiger partial charge < -0.3 is 15.0 Å². The summed E-state index contributed by atoms with van der Waals surface area (Å²) in [6, 6.07) is 6.17. The van der Waals surface area contributed by atoms with E-state index >= 15 is 0 Å². The number of nitrogens with one attached hydrogen (secondary N) is 1. The molecule has 1 N–H and O–H groups in total. The maximum atomic E-state index is 5.41. The highest BCUT2D eigenvalue weighted by Gasteiger charge is 2.10. The van der Waals surface area contributed by atoms with E-state index in [4.69, 9.17) is 4.74 Å². The molecule has 0 atom stereocenters. The third-order valence-corrected chi connectivity index (χ3v) is 3.33. The van der Waals surface area contributed by atoms with E-state index in [1.165, 1.54) is 5.56 Å². The Hall–Kier alpha value is -0.580. The van der Waals surface area contributed by atoms with Crippen molar-refractivity contribution in [2.75, 3.05) is 27.2 Å². The summed E-state index contributed by atoms with van der Waals surface area (Å²) in [7, 11) is 3.85. The highest BCUT2D eigenvalue weighted by Crippen LogP contribution is 2.24. The third-order valence-electron chi connectivity index (χ3n) is 2.84. The van der Waals surface area contributed by atoms with Crippen LogP contribution in [0.3, 0.4) is 0 Å². The number of nitrogens with zero attached hydrogens (tertiary/aromatic N) is 1. The van der Waals surface area contributed by atoms with Crippen LogP contribution in [0.5, 0.6) is 5.75 Å². The Balaban J connectivity index is 2.50. The molecule has 0 saturated carbocycles. The Morgan fingerprint density at radius 2 is 2.00 bits per heavy atom. The number of methoxy groups -OCH3 is 1. The van der Waals surface area contributed by atoms with Crippen molar-refractivity contribution in [3.8, 4) is 5.75 Å². The van der Waals surface area contributed by atoms with Crippen molar-refractivity contribution in [2.24, 2.45) is 0 Å². The van der Waals surface area contributed by atoms with Crippen molar-refractivity contribution in [3.63, 3.8) is 0 Å². The maximum Gasteiger partial charge on any atom is 0.124 e. The zero-order valence-electron chi connectivity index (χ0n) is 12.6. The monoisotopic (exact) mass is 328 g/mol. The van der Waals surface area contributed by atoms with E-state index in [2.05, 4.69) is 66.1 Å². The van der Waals surface area contributed by atoms with E-state index in [-0.39, 0.29) is 5.54 Å². The molecule has 108 valence electrons. The zero-order chi connectivity index (χ0) is 14.5. The molecule has 0 aromatic heterocycles. The lowest BCUT2D eigenvalue weighted by Crippen LogP contribution is -2.40. The molecule has 0 aliphatic carbocycles. The summed E-state index contributed by atoms with van der Waals surface area (Å²) in [5.41, 5.74) is 1.39. The van der Waals surface area contributed by atoms with Crippen LogP contribution in [0, 0.1) is 0 Å². The molecule has 1 rings (SSSR count). The molecule has 1 aromatic rings. The summed E-state index contributed by atoms with van der Waals surface area (Å²) in [5, 5.41) is 3.50. The number of hydrogen-bond acceptors (Lipinski definition) is 3. The highest BCUT2D eigenvalue weighted by atomic mass is 79.9. The molecule has 0 saturated heterocycles. The first-order valence-corrected chi connectivity index (χ1v) is 7.37. The molecule has 0 unspecified atom stereocenters. The average Bonchev–Trinajstić information content (AvgIpc) is 2.29. The largest absolute Gasteiger partial charge is 0.496 e. The first-order valence-electron chi connectivity index (χ1n) is 6.58. The first-order chi connectivity index (χ1) is 8.81. The van der Waals surface area contributed by atoms with Crippen molar-refractivity contribution in [1.29, 1.82) is 0 Å². The molecular weight excluding hydrogens is 304 g/mol. The molecule has 3 nitrogen and oxygen atoms in total. The van der Waals surface area contributed by atoms with Crippen molar-refractivity contribution < 1.29 is 4.74 Å². The van der Waals surface area contributed by atoms with Crippen LogP contribution in [0.25, 0.3) is 0 Å². The number of ether oxygens (including phenoxy) is 1. The van der Waals surface area contributed by atoms with E-state index in [9.17, 15) is 0 Å². The minimum Gasteiger partial charge on any atom is -0.496 e. The van der Waals surface area contributed by atoms with Gasteiger partial charge in [-0.05, 0) is 40.0 Å². The number of benzene rings is 1. The fraction of sp³-hybridized carbons (Fsp3) is 0.600. The van der Waals surface area contributed by atoms with Gasteiger partial charge in [0.15, 0.2) is 0 Å². The van der Waals surface area contributed by atoms with Crippen LogP contribution in [0.2, 0.25) is 0 Å². The molecule has 0 radical (unpaired) electrons. The van der Waals surface area contributed by atoms with Gasteiger partial charge in [-0.3, -0.25) is 0 Å². The van der Waals surface area contributed by atoms with Crippen LogP contribution in [-0.4, -0.2) is 37.7 Å². The second kappa shape index (κ2) is 7.27. The van der Waals surface area contributed by atoms with Crippen molar-refractivity contribution in [1.82, 2.24) is 10.2 Å². The van der Waals surface area contributed by atoms with Gasteiger partial charge in [0.05, 0.1) is 7.11 Å². The maximum absolute atomic E-state index is 5.41. The summed E-state index contributed by atoms with van der Waals surface area (Å²) in [5.74, 6) is 0.935. The van der Waals surface area contributed by atoms with Gasteiger partial charge in [0, 0.05) is 35.2 Å². The van der Waals surface area contributed by atoms with Gasteiger partial charge in [-0.25, -0.2) is 0 Å². The third kappa shape index (κ3) is 6.41. The number of halogens is 1. The van der Waals surface area contributed by atoms with Crippen molar-refractivity contribution >= 4 is 15.9 Å². The minimum atomic E-state index is 0.177. The number of rotatable bonds is 6. The molecule has 1 aromatic carbocycles. The van der Waals surface area contributed by atoms with E-state index in [1.54, 1.807) is 7.11 Å². The summed E-state index contributed by atoms with van der Waals surface area (Å²) in [4.78, 5) is 2.30. The number of likely N-dealkylation sites (N-methyl/N-ethyl adjacent to an activating group) is 1. The average molecular weight is 329 g/mol. The van der Waals surface area contributed by atoms with Crippen LogP contribution >= 0.6 is 15.9 Å². The molecule has 0 bridgehead atoms. The molecule has 0 aliphatic heterocycles. The molecule has 0 aliphatic rings. The summed E-state index contributed by atoms with van der Waals surface area (Å²) in [6.45, 7) is 9.44. The fourth-order valence-electron chi connectivity index (χ4n) is 1.84. The highest BCUT2D eigenvalue weighted by molar-refractivity contribution is 9.10. The van der Waals surface area contributed by atoms with Gasteiger partial charge in [-0.2, -0.15) is 0 Å². The SMILES string of the molecule is COc1cc(Br)ccc1CN(C)CCNC(C)(C)C. The molecule has 0 amide bonds. The lowest BCUT2D eigenvalue weighted by atomic mass is 10.1. The van der Waals surface area contributed by atoms with Gasteiger partial charge in [0.2, 0.25) is 0 Å². The van der Waals surface area contributed by atoms with Crippen molar-refractivity contribution in [3.05, 3.63) is 28.2 Å². The van der Waals surface area contributed by atoms with Crippen LogP contribution < -0.4 is 10.1 Å². The summed E-state index contributed by atoms with van der Waals surface area (Å²) < 4.78 is 6.46. The van der Waals surface area contributed by atoms with Gasteiger partial charge in [0.25, 0.3) is 0 Å². The fourth-order valence-corrected chi connectivity index (χ4v) is 2.18. The van der Waals surface area contributed by atoms with Gasteiger partial charge in [0.1, 0.15) is 5.75 Å². The second-order valence-electron chi connectivity index (χ2n) is 5.87. The van der Waals surface area contributed by atoms with E-state index < -0.39 is 0 Å². The molecule has 0 heterocycles. The predicted octanol–water partition coefficient (Wildman–Crippen LogP) is 3.28. The molecular formula is C15H25BrN2O. The van der Waals surface area contributed by atoms with Crippen molar-refractivity contribution in [2.45, 2.75) is 32.9 Å².